The van der Waals surface area contributed by atoms with Gasteiger partial charge >= 0.3 is 0 Å². The second-order valence-corrected chi connectivity index (χ2v) is 5.36. The summed E-state index contributed by atoms with van der Waals surface area (Å²) < 4.78 is 7.80. The van der Waals surface area contributed by atoms with Crippen LogP contribution in [-0.2, 0) is 17.9 Å². The highest BCUT2D eigenvalue weighted by Crippen LogP contribution is 2.00. The maximum atomic E-state index is 5.97. The Labute approximate surface area is 126 Å². The first kappa shape index (κ1) is 16.4. The van der Waals surface area contributed by atoms with Gasteiger partial charge in [0.15, 0.2) is 0 Å². The summed E-state index contributed by atoms with van der Waals surface area (Å²) in [6.45, 7) is 9.37. The average molecular weight is 296 g/mol. The Bertz CT molecular complexity index is 371. The fourth-order valence-corrected chi connectivity index (χ4v) is 2.28. The van der Waals surface area contributed by atoms with Crippen LogP contribution in [0.2, 0.25) is 0 Å². The quantitative estimate of drug-likeness (QED) is 0.711. The Balaban J connectivity index is 1.74. The molecule has 7 nitrogen and oxygen atoms in total. The van der Waals surface area contributed by atoms with Gasteiger partial charge in [0.1, 0.15) is 5.69 Å². The normalized spacial score (nSPS) is 19.9. The van der Waals surface area contributed by atoms with Gasteiger partial charge in [0, 0.05) is 19.6 Å². The van der Waals surface area contributed by atoms with Gasteiger partial charge in [-0.2, -0.15) is 0 Å². The highest BCUT2D eigenvalue weighted by atomic mass is 16.5. The fraction of sp³-hybridized carbons (Fsp3) is 0.857. The first-order valence-corrected chi connectivity index (χ1v) is 8.01. The SMILES string of the molecule is CCn1cc(COC2CNCCCNCCCNC2)nn1. The smallest absolute Gasteiger partial charge is 0.108 e. The van der Waals surface area contributed by atoms with Crippen LogP contribution < -0.4 is 16.0 Å². The summed E-state index contributed by atoms with van der Waals surface area (Å²) in [7, 11) is 0. The molecule has 21 heavy (non-hydrogen) atoms. The van der Waals surface area contributed by atoms with Crippen molar-refractivity contribution < 1.29 is 4.74 Å². The van der Waals surface area contributed by atoms with Crippen LogP contribution in [-0.4, -0.2) is 60.4 Å². The van der Waals surface area contributed by atoms with Crippen LogP contribution in [0.15, 0.2) is 6.20 Å². The zero-order valence-electron chi connectivity index (χ0n) is 13.0. The topological polar surface area (TPSA) is 76.0 Å². The number of nitrogens with one attached hydrogen (secondary N) is 3. The number of hydrogen-bond donors (Lipinski definition) is 3. The maximum Gasteiger partial charge on any atom is 0.108 e. The van der Waals surface area contributed by atoms with E-state index in [4.69, 9.17) is 4.74 Å². The molecule has 120 valence electrons. The van der Waals surface area contributed by atoms with E-state index in [1.54, 1.807) is 0 Å². The van der Waals surface area contributed by atoms with Gasteiger partial charge in [-0.15, -0.1) is 5.10 Å². The maximum absolute atomic E-state index is 5.97. The minimum atomic E-state index is 0.171. The van der Waals surface area contributed by atoms with Crippen molar-refractivity contribution in [1.82, 2.24) is 30.9 Å². The lowest BCUT2D eigenvalue weighted by Gasteiger charge is -2.20. The van der Waals surface area contributed by atoms with E-state index in [-0.39, 0.29) is 6.10 Å². The Kier molecular flexibility index (Phi) is 7.66. The molecule has 2 heterocycles. The number of rotatable bonds is 4. The molecule has 7 heteroatoms. The Hall–Kier alpha value is -1.02. The molecule has 1 fully saturated rings. The molecule has 0 radical (unpaired) electrons. The number of hydrogen-bond acceptors (Lipinski definition) is 6. The Morgan fingerprint density at radius 3 is 2.43 bits per heavy atom. The van der Waals surface area contributed by atoms with Crippen LogP contribution in [0, 0.1) is 0 Å². The van der Waals surface area contributed by atoms with Gasteiger partial charge in [0.2, 0.25) is 0 Å². The predicted molar refractivity (Wildman–Crippen MR) is 82.1 cm³/mol. The van der Waals surface area contributed by atoms with E-state index in [1.807, 2.05) is 10.9 Å². The number of aryl methyl sites for hydroxylation is 1. The summed E-state index contributed by atoms with van der Waals surface area (Å²) >= 11 is 0. The molecule has 1 aliphatic rings. The Morgan fingerprint density at radius 1 is 1.14 bits per heavy atom. The van der Waals surface area contributed by atoms with E-state index in [0.717, 1.165) is 64.3 Å². The van der Waals surface area contributed by atoms with Gasteiger partial charge < -0.3 is 20.7 Å². The third-order valence-corrected chi connectivity index (χ3v) is 3.54. The lowest BCUT2D eigenvalue weighted by molar-refractivity contribution is 0.0391. The van der Waals surface area contributed by atoms with Crippen LogP contribution in [0.3, 0.4) is 0 Å². The van der Waals surface area contributed by atoms with Crippen LogP contribution in [0.5, 0.6) is 0 Å². The van der Waals surface area contributed by atoms with Crippen LogP contribution >= 0.6 is 0 Å². The molecule has 0 unspecified atom stereocenters. The van der Waals surface area contributed by atoms with Crippen molar-refractivity contribution in [2.45, 2.75) is 39.0 Å². The van der Waals surface area contributed by atoms with E-state index in [1.165, 1.54) is 0 Å². The summed E-state index contributed by atoms with van der Waals surface area (Å²) in [4.78, 5) is 0. The second-order valence-electron chi connectivity index (χ2n) is 5.36. The molecule has 0 bridgehead atoms. The molecular formula is C14H28N6O. The van der Waals surface area contributed by atoms with E-state index >= 15 is 0 Å². The van der Waals surface area contributed by atoms with Crippen molar-refractivity contribution in [3.05, 3.63) is 11.9 Å². The second kappa shape index (κ2) is 9.83. The largest absolute Gasteiger partial charge is 0.369 e. The molecular weight excluding hydrogens is 268 g/mol. The van der Waals surface area contributed by atoms with Gasteiger partial charge in [-0.3, -0.25) is 4.68 Å². The van der Waals surface area contributed by atoms with Crippen molar-refractivity contribution in [3.63, 3.8) is 0 Å². The molecule has 1 aromatic rings. The molecule has 1 saturated heterocycles. The summed E-state index contributed by atoms with van der Waals surface area (Å²) in [5, 5.41) is 18.5. The van der Waals surface area contributed by atoms with Gasteiger partial charge in [-0.25, -0.2) is 0 Å². The third-order valence-electron chi connectivity index (χ3n) is 3.54. The number of aromatic nitrogens is 3. The molecule has 2 rings (SSSR count). The van der Waals surface area contributed by atoms with Crippen LogP contribution in [0.1, 0.15) is 25.5 Å². The van der Waals surface area contributed by atoms with E-state index in [9.17, 15) is 0 Å². The fourth-order valence-electron chi connectivity index (χ4n) is 2.28. The standard InChI is InChI=1S/C14H28N6O/c1-2-20-11-13(18-19-20)12-21-14-9-16-7-3-5-15-6-4-8-17-10-14/h11,14-17H,2-10,12H2,1H3. The number of ether oxygens (including phenoxy) is 1. The van der Waals surface area contributed by atoms with Gasteiger partial charge in [-0.1, -0.05) is 5.21 Å². The molecule has 1 aliphatic heterocycles. The summed E-state index contributed by atoms with van der Waals surface area (Å²) in [5.74, 6) is 0. The molecule has 0 saturated carbocycles. The molecule has 0 aliphatic carbocycles. The molecule has 1 aromatic heterocycles. The molecule has 0 amide bonds. The summed E-state index contributed by atoms with van der Waals surface area (Å²) in [5.41, 5.74) is 0.896. The van der Waals surface area contributed by atoms with E-state index < -0.39 is 0 Å². The minimum Gasteiger partial charge on any atom is -0.369 e. The molecule has 0 spiro atoms. The average Bonchev–Trinajstić information content (AvgIpc) is 2.95. The van der Waals surface area contributed by atoms with Crippen LogP contribution in [0.4, 0.5) is 0 Å². The lowest BCUT2D eigenvalue weighted by Crippen LogP contribution is -2.39. The van der Waals surface area contributed by atoms with Crippen molar-refractivity contribution >= 4 is 0 Å². The van der Waals surface area contributed by atoms with E-state index in [2.05, 4.69) is 33.2 Å². The molecule has 0 aromatic carbocycles. The van der Waals surface area contributed by atoms with Crippen molar-refractivity contribution in [2.24, 2.45) is 0 Å². The highest BCUT2D eigenvalue weighted by molar-refractivity contribution is 4.89. The zero-order valence-corrected chi connectivity index (χ0v) is 13.0. The lowest BCUT2D eigenvalue weighted by atomic mass is 10.3. The molecule has 3 N–H and O–H groups in total. The van der Waals surface area contributed by atoms with Gasteiger partial charge in [-0.05, 0) is 45.9 Å². The van der Waals surface area contributed by atoms with Gasteiger partial charge in [0.05, 0.1) is 18.9 Å². The third kappa shape index (κ3) is 6.52. The van der Waals surface area contributed by atoms with E-state index in [0.29, 0.717) is 6.61 Å². The van der Waals surface area contributed by atoms with Crippen molar-refractivity contribution in [3.8, 4) is 0 Å². The minimum absolute atomic E-state index is 0.171. The van der Waals surface area contributed by atoms with Crippen LogP contribution in [0.25, 0.3) is 0 Å². The first-order valence-electron chi connectivity index (χ1n) is 8.01. The van der Waals surface area contributed by atoms with Crippen molar-refractivity contribution in [1.29, 1.82) is 0 Å². The van der Waals surface area contributed by atoms with Gasteiger partial charge in [0.25, 0.3) is 0 Å². The predicted octanol–water partition coefficient (Wildman–Crippen LogP) is -0.254. The monoisotopic (exact) mass is 296 g/mol. The van der Waals surface area contributed by atoms with Crippen molar-refractivity contribution in [2.75, 3.05) is 39.3 Å². The summed E-state index contributed by atoms with van der Waals surface area (Å²) in [6.07, 6.45) is 4.43. The zero-order chi connectivity index (χ0) is 14.8. The number of nitrogens with zero attached hydrogens (tertiary/aromatic N) is 3. The Morgan fingerprint density at radius 2 is 1.81 bits per heavy atom. The highest BCUT2D eigenvalue weighted by Gasteiger charge is 2.10. The summed E-state index contributed by atoms with van der Waals surface area (Å²) in [6, 6.07) is 0. The molecule has 0 atom stereocenters. The first-order chi connectivity index (χ1) is 10.4.